The van der Waals surface area contributed by atoms with Gasteiger partial charge in [-0.1, -0.05) is 30.3 Å². The van der Waals surface area contributed by atoms with E-state index in [0.29, 0.717) is 5.56 Å². The molecule has 0 radical (unpaired) electrons. The summed E-state index contributed by atoms with van der Waals surface area (Å²) in [7, 11) is 0. The number of rotatable bonds is 5. The van der Waals surface area contributed by atoms with Crippen LogP contribution in [0.3, 0.4) is 0 Å². The van der Waals surface area contributed by atoms with E-state index in [2.05, 4.69) is 5.32 Å². The Morgan fingerprint density at radius 2 is 1.80 bits per heavy atom. The lowest BCUT2D eigenvalue weighted by Crippen LogP contribution is -2.41. The summed E-state index contributed by atoms with van der Waals surface area (Å²) in [4.78, 5) is 22.4. The van der Waals surface area contributed by atoms with E-state index in [1.165, 1.54) is 12.1 Å². The monoisotopic (exact) mass is 290 g/mol. The molecule has 0 aliphatic rings. The van der Waals surface area contributed by atoms with E-state index in [1.807, 2.05) is 5.32 Å². The van der Waals surface area contributed by atoms with E-state index in [0.717, 1.165) is 0 Å². The molecule has 1 aromatic carbocycles. The summed E-state index contributed by atoms with van der Waals surface area (Å²) in [6.45, 7) is -0.615. The number of amides is 2. The lowest BCUT2D eigenvalue weighted by molar-refractivity contribution is -0.139. The third-order valence-electron chi connectivity index (χ3n) is 2.35. The summed E-state index contributed by atoms with van der Waals surface area (Å²) >= 11 is 0. The maximum Gasteiger partial charge on any atom is 0.390 e. The van der Waals surface area contributed by atoms with Crippen LogP contribution in [0.5, 0.6) is 0 Å². The topological polar surface area (TPSA) is 78.4 Å². The van der Waals surface area contributed by atoms with Crippen LogP contribution in [-0.2, 0) is 4.79 Å². The molecule has 0 fully saturated rings. The number of benzene rings is 1. The minimum absolute atomic E-state index is 0.325. The number of aliphatic carboxylic acids is 1. The van der Waals surface area contributed by atoms with Crippen LogP contribution < -0.4 is 10.6 Å². The highest BCUT2D eigenvalue weighted by Gasteiger charge is 2.27. The summed E-state index contributed by atoms with van der Waals surface area (Å²) in [6.07, 6.45) is -5.55. The molecule has 1 atom stereocenters. The lowest BCUT2D eigenvalue weighted by Gasteiger charge is -2.15. The Morgan fingerprint density at radius 1 is 1.20 bits per heavy atom. The molecule has 3 N–H and O–H groups in total. The minimum atomic E-state index is -4.38. The van der Waals surface area contributed by atoms with Crippen molar-refractivity contribution in [2.45, 2.75) is 18.6 Å². The molecule has 8 heteroatoms. The summed E-state index contributed by atoms with van der Waals surface area (Å²) in [6, 6.07) is 5.56. The van der Waals surface area contributed by atoms with Crippen molar-refractivity contribution in [2.24, 2.45) is 0 Å². The number of carbonyl (C=O) groups excluding carboxylic acids is 1. The van der Waals surface area contributed by atoms with Gasteiger partial charge in [0.15, 0.2) is 6.04 Å². The number of carbonyl (C=O) groups is 2. The van der Waals surface area contributed by atoms with Crippen LogP contribution >= 0.6 is 0 Å². The normalized spacial score (nSPS) is 12.6. The molecule has 1 rings (SSSR count). The average molecular weight is 290 g/mol. The van der Waals surface area contributed by atoms with Gasteiger partial charge in [-0.3, -0.25) is 0 Å². The molecule has 0 spiro atoms. The van der Waals surface area contributed by atoms with Gasteiger partial charge in [-0.25, -0.2) is 9.59 Å². The van der Waals surface area contributed by atoms with Gasteiger partial charge in [0.1, 0.15) is 0 Å². The first-order chi connectivity index (χ1) is 9.29. The maximum atomic E-state index is 11.9. The van der Waals surface area contributed by atoms with Crippen LogP contribution in [0.4, 0.5) is 18.0 Å². The van der Waals surface area contributed by atoms with E-state index >= 15 is 0 Å². The Labute approximate surface area is 112 Å². The van der Waals surface area contributed by atoms with Crippen LogP contribution in [-0.4, -0.2) is 29.8 Å². The number of carboxylic acids is 1. The first kappa shape index (κ1) is 15.8. The van der Waals surface area contributed by atoms with E-state index in [-0.39, 0.29) is 0 Å². The number of hydrogen-bond acceptors (Lipinski definition) is 2. The van der Waals surface area contributed by atoms with Crippen molar-refractivity contribution in [1.29, 1.82) is 0 Å². The smallest absolute Gasteiger partial charge is 0.390 e. The predicted molar refractivity (Wildman–Crippen MR) is 64.0 cm³/mol. The van der Waals surface area contributed by atoms with Crippen LogP contribution in [0.15, 0.2) is 30.3 Å². The molecule has 0 aliphatic heterocycles. The molecule has 2 amide bonds. The maximum absolute atomic E-state index is 11.9. The third kappa shape index (κ3) is 5.59. The Bertz CT molecular complexity index is 463. The molecule has 0 unspecified atom stereocenters. The van der Waals surface area contributed by atoms with Gasteiger partial charge >= 0.3 is 18.2 Å². The summed E-state index contributed by atoms with van der Waals surface area (Å²) in [5.74, 6) is -1.30. The molecule has 0 aromatic heterocycles. The zero-order chi connectivity index (χ0) is 15.2. The standard InChI is InChI=1S/C12H13F3N2O3/c13-12(14,15)6-7-16-11(20)17-9(10(18)19)8-4-2-1-3-5-8/h1-5,9H,6-7H2,(H,18,19)(H2,16,17,20)/t9-/m0/s1. The highest BCUT2D eigenvalue weighted by molar-refractivity contribution is 5.83. The van der Waals surface area contributed by atoms with Crippen molar-refractivity contribution in [3.8, 4) is 0 Å². The van der Waals surface area contributed by atoms with Gasteiger partial charge in [-0.2, -0.15) is 13.2 Å². The lowest BCUT2D eigenvalue weighted by atomic mass is 10.1. The highest BCUT2D eigenvalue weighted by atomic mass is 19.4. The van der Waals surface area contributed by atoms with Crippen molar-refractivity contribution in [2.75, 3.05) is 6.54 Å². The first-order valence-corrected chi connectivity index (χ1v) is 5.68. The van der Waals surface area contributed by atoms with Gasteiger partial charge in [0, 0.05) is 6.54 Å². The van der Waals surface area contributed by atoms with Crippen LogP contribution in [0.1, 0.15) is 18.0 Å². The highest BCUT2D eigenvalue weighted by Crippen LogP contribution is 2.18. The van der Waals surface area contributed by atoms with Crippen molar-refractivity contribution in [3.05, 3.63) is 35.9 Å². The summed E-state index contributed by atoms with van der Waals surface area (Å²) in [5.41, 5.74) is 0.325. The Hall–Kier alpha value is -2.25. The Morgan fingerprint density at radius 3 is 2.30 bits per heavy atom. The fourth-order valence-corrected chi connectivity index (χ4v) is 1.43. The van der Waals surface area contributed by atoms with Crippen LogP contribution in [0, 0.1) is 0 Å². The zero-order valence-corrected chi connectivity index (χ0v) is 10.3. The summed E-state index contributed by atoms with van der Waals surface area (Å²) < 4.78 is 35.7. The fraction of sp³-hybridized carbons (Fsp3) is 0.333. The molecule has 1 aromatic rings. The van der Waals surface area contributed by atoms with Crippen molar-refractivity contribution < 1.29 is 27.9 Å². The number of carboxylic acid groups (broad SMARTS) is 1. The van der Waals surface area contributed by atoms with E-state index in [9.17, 15) is 22.8 Å². The van der Waals surface area contributed by atoms with Gasteiger partial charge in [0.05, 0.1) is 6.42 Å². The second-order valence-corrected chi connectivity index (χ2v) is 3.95. The molecule has 0 saturated carbocycles. The molecule has 110 valence electrons. The summed E-state index contributed by atoms with van der Waals surface area (Å²) in [5, 5.41) is 13.1. The molecular weight excluding hydrogens is 277 g/mol. The first-order valence-electron chi connectivity index (χ1n) is 5.68. The molecule has 20 heavy (non-hydrogen) atoms. The van der Waals surface area contributed by atoms with E-state index in [4.69, 9.17) is 5.11 Å². The van der Waals surface area contributed by atoms with Crippen LogP contribution in [0.2, 0.25) is 0 Å². The second kappa shape index (κ2) is 6.78. The molecule has 0 bridgehead atoms. The fourth-order valence-electron chi connectivity index (χ4n) is 1.43. The number of hydrogen-bond donors (Lipinski definition) is 3. The van der Waals surface area contributed by atoms with Crippen molar-refractivity contribution in [3.63, 3.8) is 0 Å². The largest absolute Gasteiger partial charge is 0.479 e. The van der Waals surface area contributed by atoms with E-state index < -0.39 is 37.2 Å². The average Bonchev–Trinajstić information content (AvgIpc) is 2.35. The molecule has 0 saturated heterocycles. The van der Waals surface area contributed by atoms with E-state index in [1.54, 1.807) is 18.2 Å². The van der Waals surface area contributed by atoms with Crippen molar-refractivity contribution in [1.82, 2.24) is 10.6 Å². The quantitative estimate of drug-likeness (QED) is 0.776. The van der Waals surface area contributed by atoms with Gasteiger partial charge in [-0.05, 0) is 5.56 Å². The zero-order valence-electron chi connectivity index (χ0n) is 10.3. The molecule has 0 aliphatic carbocycles. The number of halogens is 3. The molecular formula is C12H13F3N2O3. The number of nitrogens with one attached hydrogen (secondary N) is 2. The van der Waals surface area contributed by atoms with Gasteiger partial charge in [0.25, 0.3) is 0 Å². The Balaban J connectivity index is 2.55. The molecule has 5 nitrogen and oxygen atoms in total. The van der Waals surface area contributed by atoms with Gasteiger partial charge in [-0.15, -0.1) is 0 Å². The van der Waals surface area contributed by atoms with Crippen LogP contribution in [0.25, 0.3) is 0 Å². The van der Waals surface area contributed by atoms with Gasteiger partial charge < -0.3 is 15.7 Å². The number of urea groups is 1. The minimum Gasteiger partial charge on any atom is -0.479 e. The third-order valence-corrected chi connectivity index (χ3v) is 2.35. The SMILES string of the molecule is O=C(NCCC(F)(F)F)N[C@H](C(=O)O)c1ccccc1. The second-order valence-electron chi connectivity index (χ2n) is 3.95. The number of alkyl halides is 3. The molecule has 0 heterocycles. The van der Waals surface area contributed by atoms with Crippen molar-refractivity contribution >= 4 is 12.0 Å². The Kier molecular flexibility index (Phi) is 5.36. The predicted octanol–water partition coefficient (Wildman–Crippen LogP) is 2.06. The van der Waals surface area contributed by atoms with Gasteiger partial charge in [0.2, 0.25) is 0 Å².